The Bertz CT molecular complexity index is 1310. The fraction of sp³-hybridized carbons (Fsp3) is 0.222. The SMILES string of the molecule is O=C(COc1ccc(N2C[C@@H](C(=O)NCc3ccc4c(c3)OCO4)CC2=O)cc1)Nc1ccc(F)cc1. The summed E-state index contributed by atoms with van der Waals surface area (Å²) >= 11 is 0. The van der Waals surface area contributed by atoms with Crippen LogP contribution in [0.4, 0.5) is 15.8 Å². The Hall–Kier alpha value is -4.60. The maximum atomic E-state index is 13.0. The van der Waals surface area contributed by atoms with Gasteiger partial charge in [0.2, 0.25) is 18.6 Å². The first-order valence-electron chi connectivity index (χ1n) is 11.7. The molecule has 3 aromatic carbocycles. The van der Waals surface area contributed by atoms with Gasteiger partial charge in [-0.2, -0.15) is 0 Å². The smallest absolute Gasteiger partial charge is 0.262 e. The summed E-state index contributed by atoms with van der Waals surface area (Å²) in [7, 11) is 0. The molecule has 3 amide bonds. The highest BCUT2D eigenvalue weighted by Gasteiger charge is 2.35. The molecule has 0 aromatic heterocycles. The number of anilines is 2. The van der Waals surface area contributed by atoms with Crippen LogP contribution in [0.5, 0.6) is 17.2 Å². The molecule has 0 radical (unpaired) electrons. The lowest BCUT2D eigenvalue weighted by atomic mass is 10.1. The van der Waals surface area contributed by atoms with Gasteiger partial charge in [-0.3, -0.25) is 14.4 Å². The molecule has 2 aliphatic heterocycles. The molecule has 1 fully saturated rings. The average molecular weight is 506 g/mol. The van der Waals surface area contributed by atoms with Crippen molar-refractivity contribution in [2.45, 2.75) is 13.0 Å². The third kappa shape index (κ3) is 5.80. The molecule has 3 aromatic rings. The molecule has 0 bridgehead atoms. The molecule has 2 heterocycles. The van der Waals surface area contributed by atoms with Crippen LogP contribution in [-0.2, 0) is 20.9 Å². The minimum atomic E-state index is -0.465. The van der Waals surface area contributed by atoms with Gasteiger partial charge in [0.05, 0.1) is 5.92 Å². The highest BCUT2D eigenvalue weighted by Crippen LogP contribution is 2.32. The van der Waals surface area contributed by atoms with Crippen LogP contribution in [0.3, 0.4) is 0 Å². The van der Waals surface area contributed by atoms with Gasteiger partial charge in [-0.1, -0.05) is 6.07 Å². The summed E-state index contributed by atoms with van der Waals surface area (Å²) in [4.78, 5) is 38.9. The van der Waals surface area contributed by atoms with E-state index < -0.39 is 5.92 Å². The Labute approximate surface area is 212 Å². The molecule has 0 spiro atoms. The Kier molecular flexibility index (Phi) is 6.89. The number of nitrogens with one attached hydrogen (secondary N) is 2. The molecule has 10 heteroatoms. The predicted molar refractivity (Wildman–Crippen MR) is 132 cm³/mol. The summed E-state index contributed by atoms with van der Waals surface area (Å²) in [5.41, 5.74) is 1.98. The number of ether oxygens (including phenoxy) is 3. The summed E-state index contributed by atoms with van der Waals surface area (Å²) in [6, 6.07) is 17.6. The van der Waals surface area contributed by atoms with Gasteiger partial charge in [0.1, 0.15) is 11.6 Å². The highest BCUT2D eigenvalue weighted by atomic mass is 19.1. The van der Waals surface area contributed by atoms with E-state index in [9.17, 15) is 18.8 Å². The minimum absolute atomic E-state index is 0.120. The quantitative estimate of drug-likeness (QED) is 0.487. The molecule has 2 N–H and O–H groups in total. The Morgan fingerprint density at radius 2 is 1.76 bits per heavy atom. The zero-order chi connectivity index (χ0) is 25.8. The number of hydrogen-bond acceptors (Lipinski definition) is 6. The van der Waals surface area contributed by atoms with Crippen LogP contribution < -0.4 is 29.7 Å². The summed E-state index contributed by atoms with van der Waals surface area (Å²) in [6.07, 6.45) is 0.120. The van der Waals surface area contributed by atoms with Gasteiger partial charge in [0.15, 0.2) is 18.1 Å². The van der Waals surface area contributed by atoms with Gasteiger partial charge in [-0.25, -0.2) is 4.39 Å². The summed E-state index contributed by atoms with van der Waals surface area (Å²) in [6.45, 7) is 0.545. The number of carbonyl (C=O) groups excluding carboxylic acids is 3. The van der Waals surface area contributed by atoms with Crippen LogP contribution in [-0.4, -0.2) is 37.7 Å². The maximum absolute atomic E-state index is 13.0. The summed E-state index contributed by atoms with van der Waals surface area (Å²) < 4.78 is 29.1. The van der Waals surface area contributed by atoms with Crippen molar-refractivity contribution in [3.05, 3.63) is 78.1 Å². The van der Waals surface area contributed by atoms with Crippen molar-refractivity contribution < 1.29 is 33.0 Å². The lowest BCUT2D eigenvalue weighted by molar-refractivity contribution is -0.126. The van der Waals surface area contributed by atoms with Crippen LogP contribution >= 0.6 is 0 Å². The summed E-state index contributed by atoms with van der Waals surface area (Å²) in [5, 5.41) is 5.51. The first-order valence-corrected chi connectivity index (χ1v) is 11.7. The van der Waals surface area contributed by atoms with Crippen LogP contribution in [0.1, 0.15) is 12.0 Å². The number of carbonyl (C=O) groups is 3. The Morgan fingerprint density at radius 3 is 2.54 bits per heavy atom. The van der Waals surface area contributed by atoms with Crippen LogP contribution in [0.25, 0.3) is 0 Å². The number of rotatable bonds is 8. The maximum Gasteiger partial charge on any atom is 0.262 e. The van der Waals surface area contributed by atoms with Crippen molar-refractivity contribution >= 4 is 29.1 Å². The van der Waals surface area contributed by atoms with E-state index in [1.165, 1.54) is 24.3 Å². The van der Waals surface area contributed by atoms with E-state index in [2.05, 4.69) is 10.6 Å². The largest absolute Gasteiger partial charge is 0.484 e. The highest BCUT2D eigenvalue weighted by molar-refractivity contribution is 6.00. The van der Waals surface area contributed by atoms with E-state index in [1.807, 2.05) is 12.1 Å². The Balaban J connectivity index is 1.10. The van der Waals surface area contributed by atoms with Crippen molar-refractivity contribution in [2.75, 3.05) is 30.2 Å². The second-order valence-electron chi connectivity index (χ2n) is 8.65. The molecule has 5 rings (SSSR count). The molecule has 9 nitrogen and oxygen atoms in total. The van der Waals surface area contributed by atoms with Crippen molar-refractivity contribution in [3.8, 4) is 17.2 Å². The lowest BCUT2D eigenvalue weighted by Gasteiger charge is -2.17. The zero-order valence-electron chi connectivity index (χ0n) is 19.7. The number of hydrogen-bond donors (Lipinski definition) is 2. The molecule has 37 heavy (non-hydrogen) atoms. The second-order valence-corrected chi connectivity index (χ2v) is 8.65. The normalized spacial score (nSPS) is 16.0. The van der Waals surface area contributed by atoms with E-state index in [0.717, 1.165) is 5.56 Å². The fourth-order valence-electron chi connectivity index (χ4n) is 4.12. The van der Waals surface area contributed by atoms with Gasteiger partial charge >= 0.3 is 0 Å². The van der Waals surface area contributed by atoms with E-state index >= 15 is 0 Å². The van der Waals surface area contributed by atoms with Crippen molar-refractivity contribution in [1.82, 2.24) is 5.32 Å². The monoisotopic (exact) mass is 505 g/mol. The number of halogens is 1. The number of fused-ring (bicyclic) bond motifs is 1. The standard InChI is InChI=1S/C27H24FN3O6/c28-19-2-4-20(5-3-19)30-25(32)15-35-22-8-6-21(7-9-22)31-14-18(12-26(31)33)27(34)29-13-17-1-10-23-24(11-17)37-16-36-23/h1-11,18H,12-16H2,(H,29,34)(H,30,32)/t18-/m0/s1. The number of amides is 3. The number of benzene rings is 3. The first-order chi connectivity index (χ1) is 17.9. The molecule has 0 aliphatic carbocycles. The van der Waals surface area contributed by atoms with Crippen molar-refractivity contribution in [2.24, 2.45) is 5.92 Å². The van der Waals surface area contributed by atoms with Crippen molar-refractivity contribution in [3.63, 3.8) is 0 Å². The molecule has 2 aliphatic rings. The van der Waals surface area contributed by atoms with Crippen molar-refractivity contribution in [1.29, 1.82) is 0 Å². The molecular weight excluding hydrogens is 481 g/mol. The molecule has 0 saturated carbocycles. The van der Waals surface area contributed by atoms with Gasteiger partial charge in [0, 0.05) is 30.9 Å². The third-order valence-corrected chi connectivity index (χ3v) is 6.05. The predicted octanol–water partition coefficient (Wildman–Crippen LogP) is 3.24. The van der Waals surface area contributed by atoms with Gasteiger partial charge < -0.3 is 29.7 Å². The average Bonchev–Trinajstić information content (AvgIpc) is 3.54. The van der Waals surface area contributed by atoms with E-state index in [-0.39, 0.29) is 49.9 Å². The minimum Gasteiger partial charge on any atom is -0.484 e. The van der Waals surface area contributed by atoms with Crippen LogP contribution in [0.15, 0.2) is 66.7 Å². The number of nitrogens with zero attached hydrogens (tertiary/aromatic N) is 1. The summed E-state index contributed by atoms with van der Waals surface area (Å²) in [5.74, 6) is 0.192. The Morgan fingerprint density at radius 1 is 1.00 bits per heavy atom. The molecule has 190 valence electrons. The first kappa shape index (κ1) is 24.1. The zero-order valence-corrected chi connectivity index (χ0v) is 19.7. The van der Waals surface area contributed by atoms with E-state index in [4.69, 9.17) is 14.2 Å². The van der Waals surface area contributed by atoms with Crippen LogP contribution in [0, 0.1) is 11.7 Å². The molecule has 1 saturated heterocycles. The molecular formula is C27H24FN3O6. The molecule has 1 atom stereocenters. The van der Waals surface area contributed by atoms with Crippen LogP contribution in [0.2, 0.25) is 0 Å². The van der Waals surface area contributed by atoms with Gasteiger partial charge in [-0.05, 0) is 66.2 Å². The lowest BCUT2D eigenvalue weighted by Crippen LogP contribution is -2.32. The second kappa shape index (κ2) is 10.6. The fourth-order valence-corrected chi connectivity index (χ4v) is 4.12. The van der Waals surface area contributed by atoms with E-state index in [0.29, 0.717) is 35.2 Å². The van der Waals surface area contributed by atoms with E-state index in [1.54, 1.807) is 35.2 Å². The third-order valence-electron chi connectivity index (χ3n) is 6.05. The topological polar surface area (TPSA) is 106 Å². The van der Waals surface area contributed by atoms with Gasteiger partial charge in [-0.15, -0.1) is 0 Å². The molecule has 0 unspecified atom stereocenters. The van der Waals surface area contributed by atoms with Gasteiger partial charge in [0.25, 0.3) is 5.91 Å².